The van der Waals surface area contributed by atoms with Gasteiger partial charge in [0.05, 0.1) is 12.3 Å². The summed E-state index contributed by atoms with van der Waals surface area (Å²) in [5, 5.41) is 2.74. The van der Waals surface area contributed by atoms with Gasteiger partial charge in [0, 0.05) is 26.9 Å². The van der Waals surface area contributed by atoms with Crippen LogP contribution in [0.1, 0.15) is 5.76 Å². The first-order valence-electron chi connectivity index (χ1n) is 5.52. The normalized spacial score (nSPS) is 13.1. The fraction of sp³-hybridized carbons (Fsp3) is 0.600. The summed E-state index contributed by atoms with van der Waals surface area (Å²) in [6, 6.07) is 2.92. The molecule has 1 heterocycles. The van der Waals surface area contributed by atoms with Crippen molar-refractivity contribution in [2.75, 3.05) is 32.6 Å². The molecule has 0 aliphatic carbocycles. The second-order valence-electron chi connectivity index (χ2n) is 4.31. The molecule has 0 atom stereocenters. The summed E-state index contributed by atoms with van der Waals surface area (Å²) >= 11 is 0. The van der Waals surface area contributed by atoms with Crippen LogP contribution >= 0.6 is 0 Å². The molecule has 0 unspecified atom stereocenters. The molecule has 9 heteroatoms. The summed E-state index contributed by atoms with van der Waals surface area (Å²) in [6.07, 6.45) is 1.16. The molecule has 7 nitrogen and oxygen atoms in total. The topological polar surface area (TPSA) is 96.7 Å². The predicted octanol–water partition coefficient (Wildman–Crippen LogP) is -0.336. The molecule has 0 aliphatic heterocycles. The molecule has 19 heavy (non-hydrogen) atoms. The molecule has 0 aromatic carbocycles. The van der Waals surface area contributed by atoms with Gasteiger partial charge in [0.1, 0.15) is 15.6 Å². The lowest BCUT2D eigenvalue weighted by molar-refractivity contribution is 0.390. The lowest BCUT2D eigenvalue weighted by Crippen LogP contribution is -2.22. The fourth-order valence-corrected chi connectivity index (χ4v) is 2.57. The van der Waals surface area contributed by atoms with Crippen molar-refractivity contribution in [3.8, 4) is 0 Å². The molecule has 0 saturated heterocycles. The Balaban J connectivity index is 2.57. The number of rotatable bonds is 7. The van der Waals surface area contributed by atoms with Gasteiger partial charge in [-0.1, -0.05) is 0 Å². The van der Waals surface area contributed by atoms with Crippen LogP contribution < -0.4 is 5.32 Å². The molecule has 1 N–H and O–H groups in total. The Morgan fingerprint density at radius 2 is 1.84 bits per heavy atom. The molecule has 0 spiro atoms. The van der Waals surface area contributed by atoms with Crippen molar-refractivity contribution in [3.05, 3.63) is 17.9 Å². The first kappa shape index (κ1) is 16.2. The molecule has 1 aromatic heterocycles. The van der Waals surface area contributed by atoms with E-state index in [1.807, 2.05) is 0 Å². The van der Waals surface area contributed by atoms with E-state index < -0.39 is 19.9 Å². The first-order chi connectivity index (χ1) is 8.63. The molecule has 0 aliphatic rings. The van der Waals surface area contributed by atoms with Crippen LogP contribution in [0.4, 0.5) is 0 Å². The quantitative estimate of drug-likeness (QED) is 0.692. The van der Waals surface area contributed by atoms with Crippen LogP contribution in [-0.4, -0.2) is 53.8 Å². The van der Waals surface area contributed by atoms with Gasteiger partial charge in [-0.15, -0.1) is 0 Å². The maximum Gasteiger partial charge on any atom is 0.275 e. The molecular formula is C10H18N2O5S2. The zero-order valence-corrected chi connectivity index (χ0v) is 12.7. The highest BCUT2D eigenvalue weighted by molar-refractivity contribution is 7.90. The average molecular weight is 310 g/mol. The highest BCUT2D eigenvalue weighted by atomic mass is 32.2. The lowest BCUT2D eigenvalue weighted by Gasteiger charge is -2.07. The van der Waals surface area contributed by atoms with Crippen LogP contribution in [-0.2, 0) is 26.4 Å². The van der Waals surface area contributed by atoms with Gasteiger partial charge in [-0.3, -0.25) is 0 Å². The number of furan rings is 1. The number of nitrogens with one attached hydrogen (secondary N) is 1. The van der Waals surface area contributed by atoms with Crippen molar-refractivity contribution < 1.29 is 21.3 Å². The second-order valence-corrected chi connectivity index (χ2v) is 8.66. The van der Waals surface area contributed by atoms with Gasteiger partial charge in [-0.05, 0) is 12.1 Å². The number of sulfone groups is 1. The van der Waals surface area contributed by atoms with Gasteiger partial charge in [0.15, 0.2) is 0 Å². The van der Waals surface area contributed by atoms with Crippen molar-refractivity contribution in [1.29, 1.82) is 0 Å². The minimum atomic E-state index is -3.57. The zero-order valence-electron chi connectivity index (χ0n) is 11.1. The van der Waals surface area contributed by atoms with Crippen molar-refractivity contribution >= 4 is 19.9 Å². The summed E-state index contributed by atoms with van der Waals surface area (Å²) in [4.78, 5) is 0. The summed E-state index contributed by atoms with van der Waals surface area (Å²) < 4.78 is 51.6. The molecule has 0 bridgehead atoms. The van der Waals surface area contributed by atoms with Crippen LogP contribution in [0.3, 0.4) is 0 Å². The van der Waals surface area contributed by atoms with Gasteiger partial charge in [-0.25, -0.2) is 21.1 Å². The van der Waals surface area contributed by atoms with E-state index in [0.717, 1.165) is 10.6 Å². The van der Waals surface area contributed by atoms with Crippen molar-refractivity contribution in [2.45, 2.75) is 11.6 Å². The minimum Gasteiger partial charge on any atom is -0.447 e. The van der Waals surface area contributed by atoms with E-state index in [-0.39, 0.29) is 23.9 Å². The maximum atomic E-state index is 11.7. The minimum absolute atomic E-state index is 0.0244. The number of nitrogens with zero attached hydrogens (tertiary/aromatic N) is 1. The Labute approximate surface area is 113 Å². The Morgan fingerprint density at radius 3 is 2.37 bits per heavy atom. The Bertz CT molecular complexity index is 616. The predicted molar refractivity (Wildman–Crippen MR) is 71.0 cm³/mol. The van der Waals surface area contributed by atoms with Crippen molar-refractivity contribution in [2.24, 2.45) is 0 Å². The standard InChI is InChI=1S/C10H18N2O5S2/c1-12(2)19(15,16)10-5-4-9(17-10)8-11-6-7-18(3,13)14/h4-5,11H,6-8H2,1-3H3. The van der Waals surface area contributed by atoms with Crippen LogP contribution in [0, 0.1) is 0 Å². The third kappa shape index (κ3) is 4.94. The van der Waals surface area contributed by atoms with E-state index in [2.05, 4.69) is 5.32 Å². The molecule has 1 rings (SSSR count). The smallest absolute Gasteiger partial charge is 0.275 e. The van der Waals surface area contributed by atoms with Crippen molar-refractivity contribution in [1.82, 2.24) is 9.62 Å². The molecule has 0 fully saturated rings. The van der Waals surface area contributed by atoms with Gasteiger partial charge < -0.3 is 9.73 Å². The molecule has 110 valence electrons. The number of hydrogen-bond acceptors (Lipinski definition) is 6. The Kier molecular flexibility index (Phi) is 5.13. The highest BCUT2D eigenvalue weighted by Gasteiger charge is 2.21. The molecule has 0 saturated carbocycles. The van der Waals surface area contributed by atoms with E-state index in [1.165, 1.54) is 20.2 Å². The largest absolute Gasteiger partial charge is 0.447 e. The maximum absolute atomic E-state index is 11.7. The zero-order chi connectivity index (χ0) is 14.7. The lowest BCUT2D eigenvalue weighted by atomic mass is 10.4. The van der Waals surface area contributed by atoms with Gasteiger partial charge >= 0.3 is 0 Å². The van der Waals surface area contributed by atoms with Gasteiger partial charge in [0.2, 0.25) is 5.09 Å². The van der Waals surface area contributed by atoms with Crippen LogP contribution in [0.15, 0.2) is 21.6 Å². The summed E-state index contributed by atoms with van der Waals surface area (Å²) in [5.74, 6) is 0.463. The highest BCUT2D eigenvalue weighted by Crippen LogP contribution is 2.16. The van der Waals surface area contributed by atoms with Crippen molar-refractivity contribution in [3.63, 3.8) is 0 Å². The SMILES string of the molecule is CN(C)S(=O)(=O)c1ccc(CNCCS(C)(=O)=O)o1. The number of sulfonamides is 1. The Hall–Kier alpha value is -0.900. The summed E-state index contributed by atoms with van der Waals surface area (Å²) in [6.45, 7) is 0.563. The average Bonchev–Trinajstić information content (AvgIpc) is 2.72. The number of hydrogen-bond donors (Lipinski definition) is 1. The van der Waals surface area contributed by atoms with E-state index >= 15 is 0 Å². The van der Waals surface area contributed by atoms with E-state index in [1.54, 1.807) is 6.07 Å². The monoisotopic (exact) mass is 310 g/mol. The van der Waals surface area contributed by atoms with Crippen LogP contribution in [0.5, 0.6) is 0 Å². The van der Waals surface area contributed by atoms with Gasteiger partial charge in [-0.2, -0.15) is 0 Å². The van der Waals surface area contributed by atoms with E-state index in [0.29, 0.717) is 5.76 Å². The van der Waals surface area contributed by atoms with E-state index in [9.17, 15) is 16.8 Å². The summed E-state index contributed by atoms with van der Waals surface area (Å²) in [7, 11) is -3.73. The van der Waals surface area contributed by atoms with Crippen LogP contribution in [0.25, 0.3) is 0 Å². The Morgan fingerprint density at radius 1 is 1.21 bits per heavy atom. The van der Waals surface area contributed by atoms with Crippen LogP contribution in [0.2, 0.25) is 0 Å². The molecule has 0 radical (unpaired) electrons. The third-order valence-corrected chi connectivity index (χ3v) is 4.96. The van der Waals surface area contributed by atoms with E-state index in [4.69, 9.17) is 4.42 Å². The third-order valence-electron chi connectivity index (χ3n) is 2.32. The first-order valence-corrected chi connectivity index (χ1v) is 9.02. The molecular weight excluding hydrogens is 292 g/mol. The molecule has 1 aromatic rings. The second kappa shape index (κ2) is 6.04. The summed E-state index contributed by atoms with van der Waals surface area (Å²) in [5.41, 5.74) is 0. The molecule has 0 amide bonds. The fourth-order valence-electron chi connectivity index (χ4n) is 1.24. The van der Waals surface area contributed by atoms with Gasteiger partial charge in [0.25, 0.3) is 10.0 Å².